The lowest BCUT2D eigenvalue weighted by molar-refractivity contribution is -0.119. The van der Waals surface area contributed by atoms with Crippen molar-refractivity contribution >= 4 is 72.6 Å². The molecule has 5 nitrogen and oxygen atoms in total. The molecule has 0 saturated carbocycles. The number of pyridine rings is 1. The molecule has 2 rings (SSSR count). The van der Waals surface area contributed by atoms with Gasteiger partial charge in [0.15, 0.2) is 12.3 Å². The van der Waals surface area contributed by atoms with Gasteiger partial charge in [0, 0.05) is 8.95 Å². The van der Waals surface area contributed by atoms with Crippen molar-refractivity contribution < 1.29 is 14.3 Å². The highest BCUT2D eigenvalue weighted by Gasteiger charge is 2.17. The smallest absolute Gasteiger partial charge is 0.359 e. The van der Waals surface area contributed by atoms with E-state index in [0.717, 1.165) is 5.56 Å². The van der Waals surface area contributed by atoms with Crippen LogP contribution in [0, 0.1) is 6.92 Å². The van der Waals surface area contributed by atoms with Gasteiger partial charge in [0.2, 0.25) is 0 Å². The molecule has 0 radical (unpaired) electrons. The Morgan fingerprint density at radius 1 is 1.21 bits per heavy atom. The Balaban J connectivity index is 2.01. The van der Waals surface area contributed by atoms with E-state index in [-0.39, 0.29) is 15.9 Å². The van der Waals surface area contributed by atoms with Crippen molar-refractivity contribution in [2.75, 3.05) is 11.9 Å². The molecule has 0 aliphatic rings. The number of ether oxygens (including phenoxy) is 1. The van der Waals surface area contributed by atoms with Crippen LogP contribution in [0.25, 0.3) is 0 Å². The molecule has 0 atom stereocenters. The van der Waals surface area contributed by atoms with Crippen molar-refractivity contribution in [3.63, 3.8) is 0 Å². The molecule has 126 valence electrons. The van der Waals surface area contributed by atoms with Gasteiger partial charge in [-0.05, 0) is 68.6 Å². The number of aryl methyl sites for hydroxylation is 1. The predicted molar refractivity (Wildman–Crippen MR) is 99.7 cm³/mol. The fourth-order valence-corrected chi connectivity index (χ4v) is 3.70. The minimum absolute atomic E-state index is 0.0915. The first-order valence-corrected chi connectivity index (χ1v) is 8.87. The average molecular weight is 497 g/mol. The number of carbonyl (C=O) groups excluding carboxylic acids is 2. The molecule has 1 aromatic heterocycles. The first kappa shape index (κ1) is 19.2. The van der Waals surface area contributed by atoms with Crippen molar-refractivity contribution in [3.05, 3.63) is 54.6 Å². The lowest BCUT2D eigenvalue weighted by atomic mass is 10.2. The Bertz CT molecular complexity index is 792. The van der Waals surface area contributed by atoms with Gasteiger partial charge in [-0.1, -0.05) is 23.2 Å². The molecule has 1 amide bonds. The van der Waals surface area contributed by atoms with Crippen molar-refractivity contribution in [1.29, 1.82) is 0 Å². The normalized spacial score (nSPS) is 10.4. The maximum Gasteiger partial charge on any atom is 0.359 e. The number of hydrogen-bond acceptors (Lipinski definition) is 4. The first-order valence-electron chi connectivity index (χ1n) is 6.52. The van der Waals surface area contributed by atoms with E-state index >= 15 is 0 Å². The number of esters is 1. The lowest BCUT2D eigenvalue weighted by Crippen LogP contribution is -2.22. The number of hydrogen-bond donors (Lipinski definition) is 1. The first-order chi connectivity index (χ1) is 11.3. The highest BCUT2D eigenvalue weighted by molar-refractivity contribution is 9.11. The van der Waals surface area contributed by atoms with E-state index in [9.17, 15) is 9.59 Å². The summed E-state index contributed by atoms with van der Waals surface area (Å²) in [4.78, 5) is 27.7. The Morgan fingerprint density at radius 3 is 2.46 bits per heavy atom. The quantitative estimate of drug-likeness (QED) is 0.477. The summed E-state index contributed by atoms with van der Waals surface area (Å²) in [5.74, 6) is -1.34. The SMILES string of the molecule is Cc1cc(Br)c(NC(=O)COC(=O)c2nc(Cl)ccc2Cl)c(Br)c1. The molecular weight excluding hydrogens is 487 g/mol. The summed E-state index contributed by atoms with van der Waals surface area (Å²) >= 11 is 18.3. The molecule has 0 aliphatic carbocycles. The molecule has 0 aliphatic heterocycles. The van der Waals surface area contributed by atoms with E-state index in [1.54, 1.807) is 0 Å². The molecule has 9 heteroatoms. The summed E-state index contributed by atoms with van der Waals surface area (Å²) in [6.45, 7) is 1.43. The number of amides is 1. The lowest BCUT2D eigenvalue weighted by Gasteiger charge is -2.11. The number of nitrogens with zero attached hydrogens (tertiary/aromatic N) is 1. The molecule has 0 fully saturated rings. The fourth-order valence-electron chi connectivity index (χ4n) is 1.76. The van der Waals surface area contributed by atoms with E-state index in [1.165, 1.54) is 12.1 Å². The van der Waals surface area contributed by atoms with Crippen LogP contribution in [0.3, 0.4) is 0 Å². The van der Waals surface area contributed by atoms with Gasteiger partial charge in [-0.3, -0.25) is 4.79 Å². The fraction of sp³-hybridized carbons (Fsp3) is 0.133. The third-order valence-electron chi connectivity index (χ3n) is 2.79. The minimum atomic E-state index is -0.834. The molecule has 24 heavy (non-hydrogen) atoms. The van der Waals surface area contributed by atoms with Crippen LogP contribution in [0.15, 0.2) is 33.2 Å². The number of benzene rings is 1. The number of carbonyl (C=O) groups is 2. The summed E-state index contributed by atoms with van der Waals surface area (Å²) in [6.07, 6.45) is 0. The zero-order valence-corrected chi connectivity index (χ0v) is 16.9. The van der Waals surface area contributed by atoms with Gasteiger partial charge in [0.25, 0.3) is 5.91 Å². The molecule has 0 bridgehead atoms. The number of rotatable bonds is 4. The Hall–Kier alpha value is -1.15. The van der Waals surface area contributed by atoms with Crippen LogP contribution >= 0.6 is 55.1 Å². The number of anilines is 1. The molecule has 0 saturated heterocycles. The Kier molecular flexibility index (Phi) is 6.62. The molecule has 1 N–H and O–H groups in total. The monoisotopic (exact) mass is 494 g/mol. The molecule has 0 spiro atoms. The van der Waals surface area contributed by atoms with Crippen molar-refractivity contribution in [1.82, 2.24) is 4.98 Å². The predicted octanol–water partition coefficient (Wildman–Crippen LogP) is 5.02. The maximum atomic E-state index is 12.0. The zero-order valence-electron chi connectivity index (χ0n) is 12.2. The highest BCUT2D eigenvalue weighted by atomic mass is 79.9. The largest absolute Gasteiger partial charge is 0.451 e. The highest BCUT2D eigenvalue weighted by Crippen LogP contribution is 2.32. The molecule has 2 aromatic rings. The minimum Gasteiger partial charge on any atom is -0.451 e. The Morgan fingerprint density at radius 2 is 1.83 bits per heavy atom. The van der Waals surface area contributed by atoms with Gasteiger partial charge in [0.05, 0.1) is 10.7 Å². The summed E-state index contributed by atoms with van der Waals surface area (Å²) in [6, 6.07) is 6.57. The van der Waals surface area contributed by atoms with E-state index in [2.05, 4.69) is 42.2 Å². The van der Waals surface area contributed by atoms with E-state index in [0.29, 0.717) is 14.6 Å². The van der Waals surface area contributed by atoms with Crippen LogP contribution in [0.4, 0.5) is 5.69 Å². The second kappa shape index (κ2) is 8.29. The van der Waals surface area contributed by atoms with Gasteiger partial charge in [-0.2, -0.15) is 0 Å². The number of nitrogens with one attached hydrogen (secondary N) is 1. The zero-order chi connectivity index (χ0) is 17.9. The molecule has 1 heterocycles. The van der Waals surface area contributed by atoms with E-state index in [4.69, 9.17) is 27.9 Å². The van der Waals surface area contributed by atoms with Crippen molar-refractivity contribution in [3.8, 4) is 0 Å². The second-order valence-electron chi connectivity index (χ2n) is 4.69. The molecule has 0 unspecified atom stereocenters. The summed E-state index contributed by atoms with van der Waals surface area (Å²) in [5, 5.41) is 2.84. The second-order valence-corrected chi connectivity index (χ2v) is 7.20. The summed E-state index contributed by atoms with van der Waals surface area (Å²) < 4.78 is 6.32. The number of aromatic nitrogens is 1. The molecular formula is C15H10Br2Cl2N2O3. The maximum absolute atomic E-state index is 12.0. The van der Waals surface area contributed by atoms with Gasteiger partial charge >= 0.3 is 5.97 Å². The third-order valence-corrected chi connectivity index (χ3v) is 4.56. The van der Waals surface area contributed by atoms with Gasteiger partial charge < -0.3 is 10.1 Å². The van der Waals surface area contributed by atoms with Crippen LogP contribution < -0.4 is 5.32 Å². The summed E-state index contributed by atoms with van der Waals surface area (Å²) in [5.41, 5.74) is 1.41. The van der Waals surface area contributed by atoms with Crippen molar-refractivity contribution in [2.24, 2.45) is 0 Å². The van der Waals surface area contributed by atoms with Gasteiger partial charge in [0.1, 0.15) is 5.15 Å². The Labute approximate surface area is 164 Å². The van der Waals surface area contributed by atoms with Crippen LogP contribution in [0.1, 0.15) is 16.1 Å². The van der Waals surface area contributed by atoms with Crippen LogP contribution in [-0.4, -0.2) is 23.5 Å². The van der Waals surface area contributed by atoms with Gasteiger partial charge in [-0.15, -0.1) is 0 Å². The van der Waals surface area contributed by atoms with Crippen LogP contribution in [-0.2, 0) is 9.53 Å². The third kappa shape index (κ3) is 4.92. The molecule has 1 aromatic carbocycles. The topological polar surface area (TPSA) is 68.3 Å². The van der Waals surface area contributed by atoms with Crippen molar-refractivity contribution in [2.45, 2.75) is 6.92 Å². The van der Waals surface area contributed by atoms with Crippen LogP contribution in [0.2, 0.25) is 10.2 Å². The average Bonchev–Trinajstić information content (AvgIpc) is 2.50. The van der Waals surface area contributed by atoms with E-state index in [1.807, 2.05) is 19.1 Å². The van der Waals surface area contributed by atoms with Gasteiger partial charge in [-0.25, -0.2) is 9.78 Å². The summed E-state index contributed by atoms with van der Waals surface area (Å²) in [7, 11) is 0. The standard InChI is InChI=1S/C15H10Br2Cl2N2O3/c1-7-4-8(16)13(9(17)5-7)21-12(22)6-24-15(23)14-10(18)2-3-11(19)20-14/h2-5H,6H2,1H3,(H,21,22). The number of halogens is 4. The van der Waals surface area contributed by atoms with Crippen LogP contribution in [0.5, 0.6) is 0 Å². The van der Waals surface area contributed by atoms with E-state index < -0.39 is 18.5 Å².